The largest absolute Gasteiger partial charge is 0.456 e. The molecule has 13 heteroatoms. The quantitative estimate of drug-likeness (QED) is 0.181. The Balaban J connectivity index is 1.76. The Morgan fingerprint density at radius 3 is 1.90 bits per heavy atom. The second-order valence-electron chi connectivity index (χ2n) is 15.2. The van der Waals surface area contributed by atoms with Gasteiger partial charge in [-0.2, -0.15) is 4.90 Å². The van der Waals surface area contributed by atoms with Crippen molar-refractivity contribution in [3.05, 3.63) is 77.4 Å². The average Bonchev–Trinajstić information content (AvgIpc) is 3.00. The second kappa shape index (κ2) is 15.0. The highest BCUT2D eigenvalue weighted by Crippen LogP contribution is 2.36. The van der Waals surface area contributed by atoms with Crippen molar-refractivity contribution in [2.24, 2.45) is 0 Å². The Kier molecular flexibility index (Phi) is 11.3. The fourth-order valence-corrected chi connectivity index (χ4v) is 5.11. The van der Waals surface area contributed by atoms with Crippen LogP contribution in [0.1, 0.15) is 114 Å². The van der Waals surface area contributed by atoms with E-state index in [-0.39, 0.29) is 41.3 Å². The Bertz CT molecular complexity index is 1780. The number of ketones is 1. The molecule has 2 atom stereocenters. The van der Waals surface area contributed by atoms with Crippen LogP contribution in [0.3, 0.4) is 0 Å². The fourth-order valence-electron chi connectivity index (χ4n) is 5.11. The maximum atomic E-state index is 15.6. The smallest absolute Gasteiger partial charge is 0.425 e. The Morgan fingerprint density at radius 1 is 0.784 bits per heavy atom. The van der Waals surface area contributed by atoms with Crippen molar-refractivity contribution in [1.82, 2.24) is 9.97 Å². The van der Waals surface area contributed by atoms with Crippen molar-refractivity contribution < 1.29 is 47.3 Å². The van der Waals surface area contributed by atoms with Crippen molar-refractivity contribution in [3.63, 3.8) is 0 Å². The molecule has 0 N–H and O–H groups in total. The fraction of sp³-hybridized carbons (Fsp3) is 0.447. The standard InChI is InChI=1S/C38H44FN3O9/c1-36(2,3)49-33(45)25-17-15-24(19-26(25)39)30-31(42(34(46)50-37(4,5)6)35(47)51-38(7,8)9)40-21-27(41-30)23-16-18-29(28(43)20-23)48-32(44)22-13-11-10-12-14-22/h10-15,17,19,21,23,29H,16,18,20H2,1-9H3/t23-,29-/m0/s1. The molecule has 0 saturated heterocycles. The summed E-state index contributed by atoms with van der Waals surface area (Å²) in [6, 6.07) is 11.9. The van der Waals surface area contributed by atoms with Crippen molar-refractivity contribution in [2.45, 2.75) is 110 Å². The lowest BCUT2D eigenvalue weighted by Gasteiger charge is -2.30. The van der Waals surface area contributed by atoms with E-state index in [1.807, 2.05) is 0 Å². The van der Waals surface area contributed by atoms with E-state index in [0.29, 0.717) is 22.6 Å². The minimum absolute atomic E-state index is 0.0476. The van der Waals surface area contributed by atoms with E-state index in [2.05, 4.69) is 4.98 Å². The van der Waals surface area contributed by atoms with Gasteiger partial charge in [-0.25, -0.2) is 33.5 Å². The van der Waals surface area contributed by atoms with E-state index in [0.717, 1.165) is 6.07 Å². The van der Waals surface area contributed by atoms with Crippen LogP contribution in [0, 0.1) is 5.82 Å². The third-order valence-electron chi connectivity index (χ3n) is 7.26. The summed E-state index contributed by atoms with van der Waals surface area (Å²) in [6.45, 7) is 14.6. The molecule has 0 bridgehead atoms. The van der Waals surface area contributed by atoms with Gasteiger partial charge in [0, 0.05) is 17.9 Å². The molecule has 2 aromatic carbocycles. The number of halogens is 1. The molecule has 0 radical (unpaired) electrons. The molecular weight excluding hydrogens is 661 g/mol. The third kappa shape index (κ3) is 10.4. The average molecular weight is 706 g/mol. The first-order chi connectivity index (χ1) is 23.6. The van der Waals surface area contributed by atoms with Gasteiger partial charge in [0.15, 0.2) is 17.7 Å². The SMILES string of the molecule is CC(C)(C)OC(=O)c1ccc(-c2nc([C@H]3CC[C@H](OC(=O)c4ccccc4)C(=O)C3)cnc2N(C(=O)OC(C)(C)C)C(=O)OC(C)(C)C)cc1F. The molecule has 1 aliphatic carbocycles. The number of ether oxygens (including phenoxy) is 4. The number of carbonyl (C=O) groups excluding carboxylic acids is 5. The summed E-state index contributed by atoms with van der Waals surface area (Å²) in [6.07, 6.45) is -1.34. The van der Waals surface area contributed by atoms with Gasteiger partial charge in [-0.05, 0) is 99.4 Å². The number of esters is 2. The monoisotopic (exact) mass is 705 g/mol. The van der Waals surface area contributed by atoms with Crippen molar-refractivity contribution in [3.8, 4) is 11.3 Å². The maximum Gasteiger partial charge on any atom is 0.425 e. The lowest BCUT2D eigenvalue weighted by Crippen LogP contribution is -2.44. The molecule has 1 fully saturated rings. The van der Waals surface area contributed by atoms with E-state index in [1.54, 1.807) is 92.6 Å². The molecule has 0 spiro atoms. The number of carbonyl (C=O) groups is 5. The molecule has 4 rings (SSSR count). The second-order valence-corrected chi connectivity index (χ2v) is 15.2. The summed E-state index contributed by atoms with van der Waals surface area (Å²) >= 11 is 0. The zero-order chi connectivity index (χ0) is 37.9. The number of imide groups is 1. The van der Waals surface area contributed by atoms with Crippen LogP contribution in [-0.2, 0) is 23.7 Å². The van der Waals surface area contributed by atoms with E-state index < -0.39 is 58.8 Å². The molecule has 1 aromatic heterocycles. The first-order valence-corrected chi connectivity index (χ1v) is 16.6. The summed E-state index contributed by atoms with van der Waals surface area (Å²) < 4.78 is 37.5. The third-order valence-corrected chi connectivity index (χ3v) is 7.26. The number of rotatable bonds is 6. The molecule has 12 nitrogen and oxygen atoms in total. The van der Waals surface area contributed by atoms with Crippen LogP contribution in [0.2, 0.25) is 0 Å². The molecule has 2 amide bonds. The Hall–Kier alpha value is -5.20. The van der Waals surface area contributed by atoms with Gasteiger partial charge in [-0.3, -0.25) is 4.79 Å². The van der Waals surface area contributed by atoms with Gasteiger partial charge in [0.1, 0.15) is 28.3 Å². The van der Waals surface area contributed by atoms with Crippen LogP contribution < -0.4 is 4.90 Å². The molecule has 1 saturated carbocycles. The van der Waals surface area contributed by atoms with Crippen LogP contribution in [0.4, 0.5) is 19.8 Å². The topological polar surface area (TPSA) is 151 Å². The van der Waals surface area contributed by atoms with E-state index in [4.69, 9.17) is 23.9 Å². The van der Waals surface area contributed by atoms with E-state index in [9.17, 15) is 24.0 Å². The Morgan fingerprint density at radius 2 is 1.37 bits per heavy atom. The van der Waals surface area contributed by atoms with Gasteiger partial charge in [0.25, 0.3) is 0 Å². The highest BCUT2D eigenvalue weighted by atomic mass is 19.1. The number of Topliss-reactive ketones (excluding diaryl/α,β-unsaturated/α-hetero) is 1. The van der Waals surface area contributed by atoms with Crippen molar-refractivity contribution in [1.29, 1.82) is 0 Å². The minimum atomic E-state index is -1.12. The lowest BCUT2D eigenvalue weighted by atomic mass is 9.84. The van der Waals surface area contributed by atoms with Crippen LogP contribution in [0.25, 0.3) is 11.3 Å². The normalized spacial score (nSPS) is 16.5. The summed E-state index contributed by atoms with van der Waals surface area (Å²) in [5.41, 5.74) is -2.73. The van der Waals surface area contributed by atoms with Crippen LogP contribution >= 0.6 is 0 Å². The first-order valence-electron chi connectivity index (χ1n) is 16.6. The van der Waals surface area contributed by atoms with Gasteiger partial charge in [0.05, 0.1) is 23.0 Å². The van der Waals surface area contributed by atoms with Crippen LogP contribution in [-0.4, -0.2) is 62.8 Å². The number of anilines is 1. The minimum Gasteiger partial charge on any atom is -0.456 e. The molecule has 1 heterocycles. The molecular formula is C38H44FN3O9. The van der Waals surface area contributed by atoms with Crippen LogP contribution in [0.5, 0.6) is 0 Å². The van der Waals surface area contributed by atoms with E-state index in [1.165, 1.54) is 18.3 Å². The highest BCUT2D eigenvalue weighted by molar-refractivity contribution is 6.11. The van der Waals surface area contributed by atoms with Crippen LogP contribution in [0.15, 0.2) is 54.7 Å². The predicted octanol–water partition coefficient (Wildman–Crippen LogP) is 7.98. The molecule has 0 unspecified atom stereocenters. The number of hydrogen-bond donors (Lipinski definition) is 0. The van der Waals surface area contributed by atoms with Gasteiger partial charge in [-0.15, -0.1) is 0 Å². The summed E-state index contributed by atoms with van der Waals surface area (Å²) in [7, 11) is 0. The maximum absolute atomic E-state index is 15.6. The van der Waals surface area contributed by atoms with Crippen molar-refractivity contribution in [2.75, 3.05) is 4.90 Å². The molecule has 51 heavy (non-hydrogen) atoms. The number of hydrogen-bond acceptors (Lipinski definition) is 11. The number of benzene rings is 2. The van der Waals surface area contributed by atoms with Gasteiger partial charge >= 0.3 is 24.1 Å². The predicted molar refractivity (Wildman–Crippen MR) is 185 cm³/mol. The number of aromatic nitrogens is 2. The Labute approximate surface area is 296 Å². The summed E-state index contributed by atoms with van der Waals surface area (Å²) in [5, 5.41) is 0. The highest BCUT2D eigenvalue weighted by Gasteiger charge is 2.38. The molecule has 272 valence electrons. The van der Waals surface area contributed by atoms with Gasteiger partial charge < -0.3 is 18.9 Å². The zero-order valence-electron chi connectivity index (χ0n) is 30.4. The zero-order valence-corrected chi connectivity index (χ0v) is 30.4. The van der Waals surface area contributed by atoms with Crippen molar-refractivity contribution >= 4 is 35.7 Å². The lowest BCUT2D eigenvalue weighted by molar-refractivity contribution is -0.130. The number of nitrogens with zero attached hydrogens (tertiary/aromatic N) is 3. The summed E-state index contributed by atoms with van der Waals surface area (Å²) in [5.74, 6) is -3.59. The molecule has 0 aliphatic heterocycles. The van der Waals surface area contributed by atoms with Gasteiger partial charge in [-0.1, -0.05) is 24.3 Å². The summed E-state index contributed by atoms with van der Waals surface area (Å²) in [4.78, 5) is 75.5. The molecule has 1 aliphatic rings. The van der Waals surface area contributed by atoms with Gasteiger partial charge in [0.2, 0.25) is 0 Å². The van der Waals surface area contributed by atoms with E-state index >= 15 is 4.39 Å². The molecule has 3 aromatic rings. The number of amides is 2. The first kappa shape index (κ1) is 38.6.